The molecule has 1 saturated heterocycles. The van der Waals surface area contributed by atoms with Crippen LogP contribution in [-0.2, 0) is 13.6 Å². The van der Waals surface area contributed by atoms with Crippen molar-refractivity contribution >= 4 is 11.0 Å². The fourth-order valence-electron chi connectivity index (χ4n) is 4.97. The third-order valence-electron chi connectivity index (χ3n) is 6.31. The van der Waals surface area contributed by atoms with Gasteiger partial charge in [-0.15, -0.1) is 0 Å². The van der Waals surface area contributed by atoms with Crippen molar-refractivity contribution in [3.63, 3.8) is 0 Å². The summed E-state index contributed by atoms with van der Waals surface area (Å²) in [7, 11) is 2.05. The van der Waals surface area contributed by atoms with Crippen LogP contribution < -0.4 is 5.32 Å². The number of nitrogens with zero attached hydrogens (tertiary/aromatic N) is 4. The SMILES string of the molecule is CC(C)c1c(CNC2CCN(CC(C)(C)C)CC2)n[nH]c1-c1cn(C)c2ncccc12. The van der Waals surface area contributed by atoms with Crippen molar-refractivity contribution in [1.82, 2.24) is 30.0 Å². The molecule has 0 amide bonds. The Morgan fingerprint density at radius 1 is 1.23 bits per heavy atom. The summed E-state index contributed by atoms with van der Waals surface area (Å²) in [4.78, 5) is 7.16. The second-order valence-corrected chi connectivity index (χ2v) is 10.6. The molecule has 0 radical (unpaired) electrons. The van der Waals surface area contributed by atoms with Gasteiger partial charge in [0.15, 0.2) is 0 Å². The van der Waals surface area contributed by atoms with Gasteiger partial charge in [-0.2, -0.15) is 5.10 Å². The Kier molecular flexibility index (Phi) is 6.22. The van der Waals surface area contributed by atoms with E-state index in [2.05, 4.69) is 78.8 Å². The third kappa shape index (κ3) is 4.85. The largest absolute Gasteiger partial charge is 0.335 e. The summed E-state index contributed by atoms with van der Waals surface area (Å²) in [6.45, 7) is 15.8. The van der Waals surface area contributed by atoms with Crippen molar-refractivity contribution in [3.8, 4) is 11.3 Å². The Morgan fingerprint density at radius 3 is 2.65 bits per heavy atom. The van der Waals surface area contributed by atoms with Crippen molar-refractivity contribution in [3.05, 3.63) is 35.8 Å². The van der Waals surface area contributed by atoms with Gasteiger partial charge < -0.3 is 14.8 Å². The van der Waals surface area contributed by atoms with Crippen molar-refractivity contribution in [2.75, 3.05) is 19.6 Å². The number of H-pyrrole nitrogens is 1. The van der Waals surface area contributed by atoms with E-state index in [0.29, 0.717) is 17.4 Å². The average Bonchev–Trinajstić information content (AvgIpc) is 3.28. The highest BCUT2D eigenvalue weighted by Gasteiger charge is 2.24. The summed E-state index contributed by atoms with van der Waals surface area (Å²) in [6.07, 6.45) is 6.43. The summed E-state index contributed by atoms with van der Waals surface area (Å²) >= 11 is 0. The summed E-state index contributed by atoms with van der Waals surface area (Å²) in [5.41, 5.74) is 6.14. The van der Waals surface area contributed by atoms with Gasteiger partial charge in [-0.25, -0.2) is 4.98 Å². The number of fused-ring (bicyclic) bond motifs is 1. The standard InChI is InChI=1S/C25H38N6/c1-17(2)22-21(14-27-18-9-12-31(13-10-18)16-25(3,4)5)28-29-23(22)20-15-30(6)24-19(20)8-7-11-26-24/h7-8,11,15,17-18,27H,9-10,12-14,16H2,1-6H3,(H,28,29). The van der Waals surface area contributed by atoms with Gasteiger partial charge in [0.05, 0.1) is 11.4 Å². The first-order chi connectivity index (χ1) is 14.7. The van der Waals surface area contributed by atoms with E-state index in [4.69, 9.17) is 5.10 Å². The zero-order valence-corrected chi connectivity index (χ0v) is 20.0. The lowest BCUT2D eigenvalue weighted by atomic mass is 9.94. The predicted octanol–water partition coefficient (Wildman–Crippen LogP) is 4.69. The number of aryl methyl sites for hydroxylation is 1. The van der Waals surface area contributed by atoms with Crippen molar-refractivity contribution < 1.29 is 0 Å². The van der Waals surface area contributed by atoms with Crippen LogP contribution in [0.15, 0.2) is 24.5 Å². The van der Waals surface area contributed by atoms with Gasteiger partial charge in [0.2, 0.25) is 0 Å². The highest BCUT2D eigenvalue weighted by molar-refractivity contribution is 5.94. The number of likely N-dealkylation sites (tertiary alicyclic amines) is 1. The number of aromatic nitrogens is 4. The molecular weight excluding hydrogens is 384 g/mol. The molecule has 1 fully saturated rings. The molecule has 4 heterocycles. The Hall–Kier alpha value is -2.18. The number of piperidine rings is 1. The first-order valence-electron chi connectivity index (χ1n) is 11.7. The molecule has 0 aliphatic carbocycles. The average molecular weight is 423 g/mol. The van der Waals surface area contributed by atoms with Gasteiger partial charge in [0.1, 0.15) is 5.65 Å². The number of pyridine rings is 1. The number of aromatic amines is 1. The number of hydrogen-bond donors (Lipinski definition) is 2. The van der Waals surface area contributed by atoms with E-state index in [0.717, 1.165) is 23.6 Å². The van der Waals surface area contributed by atoms with E-state index in [-0.39, 0.29) is 0 Å². The molecule has 1 aliphatic rings. The summed E-state index contributed by atoms with van der Waals surface area (Å²) in [5.74, 6) is 0.395. The highest BCUT2D eigenvalue weighted by atomic mass is 15.2. The van der Waals surface area contributed by atoms with Crippen LogP contribution in [0, 0.1) is 5.41 Å². The van der Waals surface area contributed by atoms with Gasteiger partial charge >= 0.3 is 0 Å². The van der Waals surface area contributed by atoms with E-state index < -0.39 is 0 Å². The van der Waals surface area contributed by atoms with Crippen molar-refractivity contribution in [1.29, 1.82) is 0 Å². The van der Waals surface area contributed by atoms with Gasteiger partial charge in [-0.05, 0) is 49.4 Å². The van der Waals surface area contributed by atoms with Gasteiger partial charge in [0.25, 0.3) is 0 Å². The minimum absolute atomic E-state index is 0.370. The first kappa shape index (κ1) is 22.0. The third-order valence-corrected chi connectivity index (χ3v) is 6.31. The van der Waals surface area contributed by atoms with Crippen LogP contribution >= 0.6 is 0 Å². The quantitative estimate of drug-likeness (QED) is 0.605. The second kappa shape index (κ2) is 8.75. The fraction of sp³-hybridized carbons (Fsp3) is 0.600. The molecule has 0 unspecified atom stereocenters. The van der Waals surface area contributed by atoms with Crippen LogP contribution in [0.2, 0.25) is 0 Å². The number of rotatable bonds is 6. The molecule has 3 aromatic heterocycles. The lowest BCUT2D eigenvalue weighted by Crippen LogP contribution is -2.44. The van der Waals surface area contributed by atoms with E-state index in [1.165, 1.54) is 49.0 Å². The Balaban J connectivity index is 1.48. The Morgan fingerprint density at radius 2 is 1.97 bits per heavy atom. The minimum atomic E-state index is 0.370. The Bertz CT molecular complexity index is 1010. The first-order valence-corrected chi connectivity index (χ1v) is 11.7. The van der Waals surface area contributed by atoms with Crippen molar-refractivity contribution in [2.45, 2.75) is 66.0 Å². The number of nitrogens with one attached hydrogen (secondary N) is 2. The molecule has 168 valence electrons. The second-order valence-electron chi connectivity index (χ2n) is 10.6. The maximum Gasteiger partial charge on any atom is 0.140 e. The molecule has 0 bridgehead atoms. The van der Waals surface area contributed by atoms with E-state index in [1.54, 1.807) is 0 Å². The molecular formula is C25H38N6. The minimum Gasteiger partial charge on any atom is -0.335 e. The molecule has 1 aliphatic heterocycles. The van der Waals surface area contributed by atoms with E-state index >= 15 is 0 Å². The summed E-state index contributed by atoms with van der Waals surface area (Å²) < 4.78 is 2.10. The molecule has 0 atom stereocenters. The molecule has 0 spiro atoms. The molecule has 6 heteroatoms. The van der Waals surface area contributed by atoms with Crippen LogP contribution in [0.5, 0.6) is 0 Å². The normalized spacial score (nSPS) is 16.6. The van der Waals surface area contributed by atoms with Crippen LogP contribution in [-0.4, -0.2) is 50.3 Å². The molecule has 0 saturated carbocycles. The molecule has 3 aromatic rings. The van der Waals surface area contributed by atoms with Crippen LogP contribution in [0.3, 0.4) is 0 Å². The predicted molar refractivity (Wildman–Crippen MR) is 128 cm³/mol. The van der Waals surface area contributed by atoms with Gasteiger partial charge in [0, 0.05) is 55.1 Å². The van der Waals surface area contributed by atoms with Gasteiger partial charge in [-0.1, -0.05) is 34.6 Å². The lowest BCUT2D eigenvalue weighted by molar-refractivity contribution is 0.145. The monoisotopic (exact) mass is 422 g/mol. The van der Waals surface area contributed by atoms with Gasteiger partial charge in [-0.3, -0.25) is 5.10 Å². The topological polar surface area (TPSA) is 61.8 Å². The zero-order chi connectivity index (χ0) is 22.2. The maximum absolute atomic E-state index is 4.75. The maximum atomic E-state index is 4.75. The summed E-state index contributed by atoms with van der Waals surface area (Å²) in [5, 5.41) is 13.1. The molecule has 31 heavy (non-hydrogen) atoms. The Labute approximate surface area is 186 Å². The molecule has 0 aromatic carbocycles. The molecule has 6 nitrogen and oxygen atoms in total. The van der Waals surface area contributed by atoms with E-state index in [1.807, 2.05) is 12.3 Å². The molecule has 4 rings (SSSR count). The number of hydrogen-bond acceptors (Lipinski definition) is 4. The van der Waals surface area contributed by atoms with Crippen LogP contribution in [0.4, 0.5) is 0 Å². The van der Waals surface area contributed by atoms with Crippen molar-refractivity contribution in [2.24, 2.45) is 12.5 Å². The summed E-state index contributed by atoms with van der Waals surface area (Å²) in [6, 6.07) is 4.72. The van der Waals surface area contributed by atoms with E-state index in [9.17, 15) is 0 Å². The van der Waals surface area contributed by atoms with Crippen LogP contribution in [0.1, 0.15) is 64.6 Å². The fourth-order valence-corrected chi connectivity index (χ4v) is 4.97. The lowest BCUT2D eigenvalue weighted by Gasteiger charge is -2.36. The molecule has 2 N–H and O–H groups in total. The highest BCUT2D eigenvalue weighted by Crippen LogP contribution is 2.35. The smallest absolute Gasteiger partial charge is 0.140 e. The zero-order valence-electron chi connectivity index (χ0n) is 20.0. The van der Waals surface area contributed by atoms with Crippen LogP contribution in [0.25, 0.3) is 22.3 Å².